The minimum Gasteiger partial charge on any atom is -0.322 e. The van der Waals surface area contributed by atoms with Crippen molar-refractivity contribution in [3.05, 3.63) is 46.2 Å². The van der Waals surface area contributed by atoms with Gasteiger partial charge < -0.3 is 5.73 Å². The van der Waals surface area contributed by atoms with Gasteiger partial charge in [0.1, 0.15) is 0 Å². The molecule has 0 aromatic carbocycles. The third-order valence-electron chi connectivity index (χ3n) is 2.67. The summed E-state index contributed by atoms with van der Waals surface area (Å²) in [6, 6.07) is 5.82. The highest BCUT2D eigenvalue weighted by molar-refractivity contribution is 7.09. The Hall–Kier alpha value is -1.26. The molecule has 0 amide bonds. The van der Waals surface area contributed by atoms with E-state index in [1.807, 2.05) is 30.5 Å². The molecule has 2 N–H and O–H groups in total. The first-order valence-corrected chi connectivity index (χ1v) is 6.15. The molecule has 0 radical (unpaired) electrons. The third-order valence-corrected chi connectivity index (χ3v) is 3.46. The topological polar surface area (TPSA) is 51.8 Å². The van der Waals surface area contributed by atoms with Crippen LogP contribution in [-0.4, -0.2) is 9.97 Å². The van der Waals surface area contributed by atoms with E-state index >= 15 is 0 Å². The summed E-state index contributed by atoms with van der Waals surface area (Å²) in [5.74, 6) is 0.183. The van der Waals surface area contributed by atoms with Gasteiger partial charge in [-0.3, -0.25) is 4.98 Å². The lowest BCUT2D eigenvalue weighted by atomic mass is 9.96. The second kappa shape index (κ2) is 4.72. The molecular weight excluding hydrogens is 218 g/mol. The number of hydrogen-bond donors (Lipinski definition) is 1. The van der Waals surface area contributed by atoms with Crippen LogP contribution < -0.4 is 5.73 Å². The van der Waals surface area contributed by atoms with Gasteiger partial charge in [-0.1, -0.05) is 13.0 Å². The summed E-state index contributed by atoms with van der Waals surface area (Å²) in [7, 11) is 0. The smallest absolute Gasteiger partial charge is 0.0898 e. The Bertz CT molecular complexity index is 452. The number of aryl methyl sites for hydroxylation is 1. The maximum atomic E-state index is 6.19. The van der Waals surface area contributed by atoms with E-state index in [2.05, 4.69) is 16.9 Å². The first kappa shape index (κ1) is 11.2. The van der Waals surface area contributed by atoms with E-state index in [0.717, 1.165) is 16.4 Å². The summed E-state index contributed by atoms with van der Waals surface area (Å²) in [5, 5.41) is 3.08. The predicted octanol–water partition coefficient (Wildman–Crippen LogP) is 2.65. The molecule has 0 saturated heterocycles. The average molecular weight is 233 g/mol. The molecule has 16 heavy (non-hydrogen) atoms. The van der Waals surface area contributed by atoms with Crippen LogP contribution in [0.1, 0.15) is 35.3 Å². The van der Waals surface area contributed by atoms with E-state index in [-0.39, 0.29) is 12.0 Å². The molecular formula is C12H15N3S. The van der Waals surface area contributed by atoms with Crippen LogP contribution >= 0.6 is 11.3 Å². The number of nitrogens with two attached hydrogens (primary N) is 1. The summed E-state index contributed by atoms with van der Waals surface area (Å²) in [6.07, 6.45) is 1.80. The van der Waals surface area contributed by atoms with Crippen LogP contribution in [0.2, 0.25) is 0 Å². The Kier molecular flexibility index (Phi) is 3.31. The fourth-order valence-corrected chi connectivity index (χ4v) is 2.28. The van der Waals surface area contributed by atoms with Gasteiger partial charge >= 0.3 is 0 Å². The van der Waals surface area contributed by atoms with Crippen molar-refractivity contribution in [1.29, 1.82) is 0 Å². The Morgan fingerprint density at radius 3 is 2.69 bits per heavy atom. The molecule has 2 aromatic rings. The van der Waals surface area contributed by atoms with Crippen molar-refractivity contribution in [3.63, 3.8) is 0 Å². The van der Waals surface area contributed by atoms with Crippen LogP contribution in [0.25, 0.3) is 0 Å². The van der Waals surface area contributed by atoms with E-state index < -0.39 is 0 Å². The van der Waals surface area contributed by atoms with Crippen molar-refractivity contribution in [2.24, 2.45) is 5.73 Å². The summed E-state index contributed by atoms with van der Waals surface area (Å²) in [4.78, 5) is 8.75. The second-order valence-electron chi connectivity index (χ2n) is 3.86. The number of nitrogens with zero attached hydrogens (tertiary/aromatic N) is 2. The van der Waals surface area contributed by atoms with Crippen LogP contribution in [0.3, 0.4) is 0 Å². The van der Waals surface area contributed by atoms with Gasteiger partial charge in [0.05, 0.1) is 16.7 Å². The zero-order valence-electron chi connectivity index (χ0n) is 9.42. The number of thiazole rings is 1. The monoisotopic (exact) mass is 233 g/mol. The second-order valence-corrected chi connectivity index (χ2v) is 4.92. The van der Waals surface area contributed by atoms with Crippen LogP contribution in [0.4, 0.5) is 0 Å². The van der Waals surface area contributed by atoms with Gasteiger partial charge in [0.25, 0.3) is 0 Å². The molecule has 2 atom stereocenters. The number of hydrogen-bond acceptors (Lipinski definition) is 4. The van der Waals surface area contributed by atoms with Crippen LogP contribution in [0.5, 0.6) is 0 Å². The van der Waals surface area contributed by atoms with Crippen LogP contribution in [0.15, 0.2) is 29.8 Å². The molecule has 2 aromatic heterocycles. The first-order chi connectivity index (χ1) is 7.68. The quantitative estimate of drug-likeness (QED) is 0.886. The van der Waals surface area contributed by atoms with E-state index in [1.54, 1.807) is 17.5 Å². The molecule has 4 heteroatoms. The lowest BCUT2D eigenvalue weighted by Gasteiger charge is -2.17. The fraction of sp³-hybridized carbons (Fsp3) is 0.333. The summed E-state index contributed by atoms with van der Waals surface area (Å²) >= 11 is 1.63. The van der Waals surface area contributed by atoms with Gasteiger partial charge in [0.2, 0.25) is 0 Å². The highest BCUT2D eigenvalue weighted by atomic mass is 32.1. The molecule has 0 fully saturated rings. The molecule has 0 aliphatic heterocycles. The summed E-state index contributed by atoms with van der Waals surface area (Å²) in [6.45, 7) is 4.08. The molecule has 0 aliphatic carbocycles. The standard InChI is InChI=1S/C12H15N3S/c1-8(10-5-3-4-6-14-10)12(13)11-7-16-9(2)15-11/h3-8,12H,13H2,1-2H3. The van der Waals surface area contributed by atoms with Gasteiger partial charge in [0.15, 0.2) is 0 Å². The molecule has 2 heterocycles. The van der Waals surface area contributed by atoms with E-state index in [1.165, 1.54) is 0 Å². The molecule has 2 unspecified atom stereocenters. The fourth-order valence-electron chi connectivity index (χ4n) is 1.62. The molecule has 0 bridgehead atoms. The number of rotatable bonds is 3. The SMILES string of the molecule is Cc1nc(C(N)C(C)c2ccccn2)cs1. The van der Waals surface area contributed by atoms with E-state index in [9.17, 15) is 0 Å². The van der Waals surface area contributed by atoms with Gasteiger partial charge in [0, 0.05) is 23.2 Å². The summed E-state index contributed by atoms with van der Waals surface area (Å²) in [5.41, 5.74) is 8.16. The molecule has 84 valence electrons. The van der Waals surface area contributed by atoms with Gasteiger partial charge in [-0.05, 0) is 19.1 Å². The predicted molar refractivity (Wildman–Crippen MR) is 66.4 cm³/mol. The van der Waals surface area contributed by atoms with Gasteiger partial charge in [-0.15, -0.1) is 11.3 Å². The third kappa shape index (κ3) is 2.28. The summed E-state index contributed by atoms with van der Waals surface area (Å²) < 4.78 is 0. The normalized spacial score (nSPS) is 14.7. The molecule has 0 saturated carbocycles. The largest absolute Gasteiger partial charge is 0.322 e. The first-order valence-electron chi connectivity index (χ1n) is 5.27. The molecule has 0 spiro atoms. The lowest BCUT2D eigenvalue weighted by molar-refractivity contribution is 0.572. The average Bonchev–Trinajstić information content (AvgIpc) is 2.75. The lowest BCUT2D eigenvalue weighted by Crippen LogP contribution is -2.18. The van der Waals surface area contributed by atoms with Crippen molar-refractivity contribution in [3.8, 4) is 0 Å². The zero-order valence-corrected chi connectivity index (χ0v) is 10.2. The van der Waals surface area contributed by atoms with Crippen molar-refractivity contribution in [1.82, 2.24) is 9.97 Å². The van der Waals surface area contributed by atoms with Crippen molar-refractivity contribution in [2.75, 3.05) is 0 Å². The molecule has 2 rings (SSSR count). The van der Waals surface area contributed by atoms with Crippen LogP contribution in [0, 0.1) is 6.92 Å². The van der Waals surface area contributed by atoms with Crippen molar-refractivity contribution < 1.29 is 0 Å². The van der Waals surface area contributed by atoms with Crippen molar-refractivity contribution in [2.45, 2.75) is 25.8 Å². The zero-order chi connectivity index (χ0) is 11.5. The number of aromatic nitrogens is 2. The Balaban J connectivity index is 2.19. The Labute approximate surface area is 99.4 Å². The highest BCUT2D eigenvalue weighted by Crippen LogP contribution is 2.27. The Morgan fingerprint density at radius 1 is 1.31 bits per heavy atom. The minimum absolute atomic E-state index is 0.0835. The molecule has 3 nitrogen and oxygen atoms in total. The maximum absolute atomic E-state index is 6.19. The Morgan fingerprint density at radius 2 is 2.12 bits per heavy atom. The van der Waals surface area contributed by atoms with E-state index in [0.29, 0.717) is 0 Å². The van der Waals surface area contributed by atoms with E-state index in [4.69, 9.17) is 5.73 Å². The van der Waals surface area contributed by atoms with Crippen molar-refractivity contribution >= 4 is 11.3 Å². The molecule has 0 aliphatic rings. The highest BCUT2D eigenvalue weighted by Gasteiger charge is 2.19. The van der Waals surface area contributed by atoms with Gasteiger partial charge in [-0.25, -0.2) is 4.98 Å². The van der Waals surface area contributed by atoms with Crippen LogP contribution in [-0.2, 0) is 0 Å². The maximum Gasteiger partial charge on any atom is 0.0898 e. The van der Waals surface area contributed by atoms with Gasteiger partial charge in [-0.2, -0.15) is 0 Å². The number of pyridine rings is 1. The minimum atomic E-state index is -0.0835.